The first-order chi connectivity index (χ1) is 17.5. The van der Waals surface area contributed by atoms with E-state index in [0.717, 1.165) is 6.08 Å². The average Bonchev–Trinajstić information content (AvgIpc) is 2.96. The Morgan fingerprint density at radius 3 is 1.61 bits per heavy atom. The van der Waals surface area contributed by atoms with Gasteiger partial charge in [-0.1, -0.05) is 97.6 Å². The number of Topliss-reactive ketones (excluding diaryl/α,β-unsaturated/α-hetero) is 1. The summed E-state index contributed by atoms with van der Waals surface area (Å²) in [6.45, 7) is 3.68. The van der Waals surface area contributed by atoms with Crippen LogP contribution >= 0.6 is 7.14 Å². The van der Waals surface area contributed by atoms with E-state index in [1.807, 2.05) is 18.2 Å². The highest BCUT2D eigenvalue weighted by Gasteiger charge is 2.39. The molecule has 0 aliphatic rings. The van der Waals surface area contributed by atoms with Crippen LogP contribution in [0.15, 0.2) is 133 Å². The quantitative estimate of drug-likeness (QED) is 0.162. The van der Waals surface area contributed by atoms with Crippen molar-refractivity contribution < 1.29 is 18.9 Å². The molecule has 0 bridgehead atoms. The summed E-state index contributed by atoms with van der Waals surface area (Å²) in [6.07, 6.45) is 1.12. The Balaban J connectivity index is 2.13. The Morgan fingerprint density at radius 1 is 0.694 bits per heavy atom. The predicted molar refractivity (Wildman–Crippen MR) is 146 cm³/mol. The van der Waals surface area contributed by atoms with Gasteiger partial charge in [0.15, 0.2) is 18.7 Å². The normalized spacial score (nSPS) is 11.8. The van der Waals surface area contributed by atoms with E-state index in [9.17, 15) is 9.59 Å². The van der Waals surface area contributed by atoms with Gasteiger partial charge in [-0.15, -0.1) is 0 Å². The summed E-state index contributed by atoms with van der Waals surface area (Å²) in [5.41, 5.74) is 0.925. The molecule has 0 unspecified atom stereocenters. The number of ether oxygens (including phenoxy) is 1. The van der Waals surface area contributed by atoms with Crippen LogP contribution in [0.5, 0.6) is 5.75 Å². The first-order valence-electron chi connectivity index (χ1n) is 11.4. The molecule has 0 N–H and O–H groups in total. The maximum Gasteiger partial charge on any atom is 0.194 e. The van der Waals surface area contributed by atoms with Crippen LogP contribution in [-0.4, -0.2) is 18.7 Å². The monoisotopic (exact) mass is 492 g/mol. The van der Waals surface area contributed by atoms with E-state index in [2.05, 4.69) is 6.58 Å². The van der Waals surface area contributed by atoms with Gasteiger partial charge in [-0.05, 0) is 35.9 Å². The molecule has 5 heteroatoms. The molecule has 0 atom stereocenters. The zero-order valence-electron chi connectivity index (χ0n) is 19.8. The third-order valence-corrected chi connectivity index (χ3v) is 8.98. The molecule has 0 aliphatic carbocycles. The van der Waals surface area contributed by atoms with E-state index >= 15 is 4.57 Å². The number of rotatable bonds is 9. The molecule has 0 aliphatic heterocycles. The van der Waals surface area contributed by atoms with Crippen LogP contribution < -0.4 is 15.3 Å². The third-order valence-electron chi connectivity index (χ3n) is 5.85. The number of allylic oxidation sites excluding steroid dienone is 3. The van der Waals surface area contributed by atoms with Crippen LogP contribution in [0.2, 0.25) is 0 Å². The minimum absolute atomic E-state index is 0.0677. The minimum Gasteiger partial charge on any atom is -0.497 e. The van der Waals surface area contributed by atoms with Gasteiger partial charge in [0, 0.05) is 21.7 Å². The summed E-state index contributed by atoms with van der Waals surface area (Å²) in [4.78, 5) is 27.7. The molecule has 0 aromatic heterocycles. The first-order valence-corrected chi connectivity index (χ1v) is 13.1. The van der Waals surface area contributed by atoms with E-state index in [1.54, 1.807) is 104 Å². The Kier molecular flexibility index (Phi) is 7.58. The van der Waals surface area contributed by atoms with Crippen molar-refractivity contribution in [3.05, 3.63) is 144 Å². The molecule has 4 rings (SSSR count). The molecule has 4 nitrogen and oxygen atoms in total. The van der Waals surface area contributed by atoms with Crippen molar-refractivity contribution in [2.75, 3.05) is 7.11 Å². The summed E-state index contributed by atoms with van der Waals surface area (Å²) in [5.74, 6) is -0.383. The average molecular weight is 493 g/mol. The largest absolute Gasteiger partial charge is 0.497 e. The third kappa shape index (κ3) is 4.77. The summed E-state index contributed by atoms with van der Waals surface area (Å²) in [7, 11) is -2.26. The summed E-state index contributed by atoms with van der Waals surface area (Å²) >= 11 is 0. The minimum atomic E-state index is -3.80. The van der Waals surface area contributed by atoms with Crippen LogP contribution in [0.25, 0.3) is 5.57 Å². The number of ketones is 2. The van der Waals surface area contributed by atoms with Crippen molar-refractivity contribution in [3.63, 3.8) is 0 Å². The number of carbonyl (C=O) groups is 2. The number of benzene rings is 4. The summed E-state index contributed by atoms with van der Waals surface area (Å²) in [5, 5.41) is 0.844. The van der Waals surface area contributed by atoms with Crippen molar-refractivity contribution in [3.8, 4) is 5.75 Å². The van der Waals surface area contributed by atoms with Crippen LogP contribution in [-0.2, 0) is 9.36 Å². The number of hydrogen-bond acceptors (Lipinski definition) is 4. The lowest BCUT2D eigenvalue weighted by Crippen LogP contribution is -2.23. The van der Waals surface area contributed by atoms with Crippen molar-refractivity contribution in [2.45, 2.75) is 0 Å². The Morgan fingerprint density at radius 2 is 1.17 bits per heavy atom. The predicted octanol–water partition coefficient (Wildman–Crippen LogP) is 6.06. The van der Waals surface area contributed by atoms with E-state index in [0.29, 0.717) is 27.5 Å². The topological polar surface area (TPSA) is 60.4 Å². The van der Waals surface area contributed by atoms with Crippen LogP contribution in [0, 0.1) is 0 Å². The summed E-state index contributed by atoms with van der Waals surface area (Å²) < 4.78 is 20.5. The lowest BCUT2D eigenvalue weighted by atomic mass is 9.95. The fourth-order valence-corrected chi connectivity index (χ4v) is 7.03. The molecule has 0 radical (unpaired) electrons. The Labute approximate surface area is 211 Å². The molecule has 4 aromatic carbocycles. The molecule has 0 amide bonds. The number of carbonyl (C=O) groups excluding carboxylic acids is 2. The van der Waals surface area contributed by atoms with Crippen molar-refractivity contribution >= 4 is 34.9 Å². The molecular formula is C31H25O4P. The maximum absolute atomic E-state index is 15.3. The van der Waals surface area contributed by atoms with Gasteiger partial charge in [0.1, 0.15) is 5.75 Å². The second kappa shape index (κ2) is 11.0. The van der Waals surface area contributed by atoms with Gasteiger partial charge in [-0.25, -0.2) is 0 Å². The zero-order valence-corrected chi connectivity index (χ0v) is 20.7. The highest BCUT2D eigenvalue weighted by atomic mass is 31.2. The highest BCUT2D eigenvalue weighted by Crippen LogP contribution is 2.55. The zero-order chi connectivity index (χ0) is 25.5. The number of methoxy groups -OCH3 is 1. The molecule has 36 heavy (non-hydrogen) atoms. The lowest BCUT2D eigenvalue weighted by molar-refractivity contribution is -0.110. The van der Waals surface area contributed by atoms with Crippen LogP contribution in [0.3, 0.4) is 0 Å². The fourth-order valence-electron chi connectivity index (χ4n) is 4.08. The molecule has 0 saturated heterocycles. The Hall–Kier alpha value is -4.27. The summed E-state index contributed by atoms with van der Waals surface area (Å²) in [6, 6.07) is 33.1. The fraction of sp³-hybridized carbons (Fsp3) is 0.0323. The van der Waals surface area contributed by atoms with Crippen LogP contribution in [0.1, 0.15) is 15.9 Å². The van der Waals surface area contributed by atoms with E-state index in [1.165, 1.54) is 0 Å². The van der Waals surface area contributed by atoms with E-state index in [-0.39, 0.29) is 10.9 Å². The molecule has 0 fully saturated rings. The van der Waals surface area contributed by atoms with Gasteiger partial charge in [-0.2, -0.15) is 0 Å². The standard InChI is InChI=1S/C31H25O4P/c1-3-28(32)31(36(34,26-15-9-5-10-16-26)27-17-11-6-12-18-27)29(23-13-7-4-8-14-23)30(33)24-19-21-25(35-2)22-20-24/h3-22H,1H2,2H3/b31-29-. The van der Waals surface area contributed by atoms with Gasteiger partial charge in [0.2, 0.25) is 0 Å². The smallest absolute Gasteiger partial charge is 0.194 e. The molecule has 0 spiro atoms. The molecule has 178 valence electrons. The maximum atomic E-state index is 15.3. The van der Waals surface area contributed by atoms with Gasteiger partial charge < -0.3 is 9.30 Å². The SMILES string of the molecule is C=CC(=O)/C(=C(/C(=O)c1ccc(OC)cc1)c1ccccc1)P(=O)(c1ccccc1)c1ccccc1. The van der Waals surface area contributed by atoms with Gasteiger partial charge in [-0.3, -0.25) is 9.59 Å². The molecular weight excluding hydrogens is 467 g/mol. The molecule has 4 aromatic rings. The van der Waals surface area contributed by atoms with Crippen LogP contribution in [0.4, 0.5) is 0 Å². The van der Waals surface area contributed by atoms with Gasteiger partial charge in [0.25, 0.3) is 0 Å². The Bertz CT molecular complexity index is 1410. The van der Waals surface area contributed by atoms with Crippen molar-refractivity contribution in [2.24, 2.45) is 0 Å². The second-order valence-corrected chi connectivity index (χ2v) is 10.7. The number of hydrogen-bond donors (Lipinski definition) is 0. The lowest BCUT2D eigenvalue weighted by Gasteiger charge is -2.24. The van der Waals surface area contributed by atoms with E-state index < -0.39 is 18.7 Å². The second-order valence-electron chi connectivity index (χ2n) is 8.00. The van der Waals surface area contributed by atoms with Gasteiger partial charge >= 0.3 is 0 Å². The highest BCUT2D eigenvalue weighted by molar-refractivity contribution is 7.83. The van der Waals surface area contributed by atoms with Gasteiger partial charge in [0.05, 0.1) is 12.4 Å². The van der Waals surface area contributed by atoms with E-state index in [4.69, 9.17) is 4.74 Å². The first kappa shape index (κ1) is 24.8. The van der Waals surface area contributed by atoms with Crippen molar-refractivity contribution in [1.82, 2.24) is 0 Å². The molecule has 0 saturated carbocycles. The molecule has 0 heterocycles. The van der Waals surface area contributed by atoms with Crippen molar-refractivity contribution in [1.29, 1.82) is 0 Å².